The van der Waals surface area contributed by atoms with Crippen LogP contribution in [0.2, 0.25) is 0 Å². The van der Waals surface area contributed by atoms with Gasteiger partial charge in [-0.15, -0.1) is 0 Å². The molecule has 9 nitrogen and oxygen atoms in total. The van der Waals surface area contributed by atoms with Crippen LogP contribution in [0.4, 0.5) is 5.69 Å². The van der Waals surface area contributed by atoms with Gasteiger partial charge in [-0.1, -0.05) is 24.3 Å². The number of methoxy groups -OCH3 is 1. The van der Waals surface area contributed by atoms with Crippen molar-refractivity contribution in [1.29, 1.82) is 0 Å². The molecule has 1 N–H and O–H groups in total. The van der Waals surface area contributed by atoms with Crippen molar-refractivity contribution in [2.45, 2.75) is 6.54 Å². The molecule has 2 aromatic carbocycles. The zero-order valence-electron chi connectivity index (χ0n) is 19.9. The Labute approximate surface area is 212 Å². The molecule has 0 unspecified atom stereocenters. The number of nitrogens with zero attached hydrogens (tertiary/aromatic N) is 3. The molecule has 0 saturated carbocycles. The molecular formula is C28H23N3O6. The molecular weight excluding hydrogens is 474 g/mol. The Morgan fingerprint density at radius 1 is 0.892 bits per heavy atom. The van der Waals surface area contributed by atoms with Crippen LogP contribution in [0.5, 0.6) is 11.5 Å². The average molecular weight is 498 g/mol. The number of aromatic nitrogens is 2. The number of aliphatic carboxylic acids is 1. The molecule has 0 fully saturated rings. The van der Waals surface area contributed by atoms with Crippen molar-refractivity contribution in [3.05, 3.63) is 114 Å². The Balaban J connectivity index is 1.73. The number of carbonyl (C=O) groups excluding carboxylic acids is 2. The van der Waals surface area contributed by atoms with Crippen molar-refractivity contribution in [3.8, 4) is 11.5 Å². The number of ether oxygens (including phenoxy) is 2. The summed E-state index contributed by atoms with van der Waals surface area (Å²) in [6.45, 7) is -0.450. The van der Waals surface area contributed by atoms with Crippen LogP contribution in [0, 0.1) is 0 Å². The molecule has 0 atom stereocenters. The van der Waals surface area contributed by atoms with Crippen LogP contribution in [-0.4, -0.2) is 46.5 Å². The van der Waals surface area contributed by atoms with Crippen molar-refractivity contribution >= 4 is 23.3 Å². The lowest BCUT2D eigenvalue weighted by Crippen LogP contribution is -2.31. The van der Waals surface area contributed by atoms with Crippen molar-refractivity contribution in [3.63, 3.8) is 0 Å². The fraction of sp³-hybridized carbons (Fsp3) is 0.107. The molecule has 0 aliphatic heterocycles. The molecule has 2 heterocycles. The number of hydrogen-bond donors (Lipinski definition) is 1. The molecule has 0 aliphatic carbocycles. The first-order valence-electron chi connectivity index (χ1n) is 11.3. The normalized spacial score (nSPS) is 10.4. The predicted molar refractivity (Wildman–Crippen MR) is 135 cm³/mol. The summed E-state index contributed by atoms with van der Waals surface area (Å²) in [4.78, 5) is 47.6. The maximum absolute atomic E-state index is 13.9. The number of para-hydroxylation sites is 1. The van der Waals surface area contributed by atoms with E-state index in [1.54, 1.807) is 79.1 Å². The minimum absolute atomic E-state index is 0.0688. The second-order valence-corrected chi connectivity index (χ2v) is 7.88. The van der Waals surface area contributed by atoms with Crippen LogP contribution in [-0.2, 0) is 11.3 Å². The van der Waals surface area contributed by atoms with Crippen molar-refractivity contribution in [2.75, 3.05) is 18.6 Å². The molecule has 0 saturated heterocycles. The van der Waals surface area contributed by atoms with Crippen LogP contribution in [0.25, 0.3) is 0 Å². The number of anilines is 1. The second-order valence-electron chi connectivity index (χ2n) is 7.88. The number of rotatable bonds is 10. The first kappa shape index (κ1) is 25.1. The van der Waals surface area contributed by atoms with E-state index in [1.165, 1.54) is 24.3 Å². The van der Waals surface area contributed by atoms with E-state index in [4.69, 9.17) is 14.6 Å². The summed E-state index contributed by atoms with van der Waals surface area (Å²) < 4.78 is 10.8. The van der Waals surface area contributed by atoms with Gasteiger partial charge in [0, 0.05) is 41.0 Å². The van der Waals surface area contributed by atoms with Gasteiger partial charge in [-0.3, -0.25) is 19.6 Å². The van der Waals surface area contributed by atoms with Crippen molar-refractivity contribution in [2.24, 2.45) is 0 Å². The topological polar surface area (TPSA) is 119 Å². The lowest BCUT2D eigenvalue weighted by atomic mass is 10.0. The minimum Gasteiger partial charge on any atom is -0.497 e. The van der Waals surface area contributed by atoms with E-state index < -0.39 is 18.5 Å². The number of pyridine rings is 2. The minimum atomic E-state index is -1.11. The van der Waals surface area contributed by atoms with Crippen LogP contribution in [0.3, 0.4) is 0 Å². The summed E-state index contributed by atoms with van der Waals surface area (Å²) in [5.41, 5.74) is 1.86. The Kier molecular flexibility index (Phi) is 7.85. The van der Waals surface area contributed by atoms with Crippen molar-refractivity contribution < 1.29 is 29.0 Å². The van der Waals surface area contributed by atoms with Gasteiger partial charge in [0.2, 0.25) is 5.78 Å². The van der Waals surface area contributed by atoms with Gasteiger partial charge >= 0.3 is 5.97 Å². The lowest BCUT2D eigenvalue weighted by Gasteiger charge is -2.24. The fourth-order valence-electron chi connectivity index (χ4n) is 3.66. The first-order valence-corrected chi connectivity index (χ1v) is 11.3. The van der Waals surface area contributed by atoms with Crippen LogP contribution >= 0.6 is 0 Å². The Morgan fingerprint density at radius 3 is 2.32 bits per heavy atom. The monoisotopic (exact) mass is 497 g/mol. The summed E-state index contributed by atoms with van der Waals surface area (Å²) in [5.74, 6) is -1.19. The highest BCUT2D eigenvalue weighted by Crippen LogP contribution is 2.27. The molecule has 0 bridgehead atoms. The summed E-state index contributed by atoms with van der Waals surface area (Å²) in [7, 11) is 1.45. The molecule has 4 aromatic rings. The number of amides is 1. The van der Waals surface area contributed by atoms with E-state index in [0.717, 1.165) is 0 Å². The standard InChI is InChI=1S/C28H23N3O6/c1-36-23-15-20(27(34)24-7-4-5-11-30-24)14-21(16-23)28(35)31(22-9-12-29-13-10-22)17-19-6-2-3-8-25(19)37-18-26(32)33/h2-16H,17-18H2,1H3,(H,32,33). The summed E-state index contributed by atoms with van der Waals surface area (Å²) in [6, 6.07) is 19.9. The Bertz CT molecular complexity index is 1410. The van der Waals surface area contributed by atoms with Crippen molar-refractivity contribution in [1.82, 2.24) is 9.97 Å². The fourth-order valence-corrected chi connectivity index (χ4v) is 3.66. The molecule has 0 aliphatic rings. The predicted octanol–water partition coefficient (Wildman–Crippen LogP) is 4.03. The molecule has 0 spiro atoms. The molecule has 1 amide bonds. The van der Waals surface area contributed by atoms with Crippen LogP contribution < -0.4 is 14.4 Å². The number of benzene rings is 2. The highest BCUT2D eigenvalue weighted by molar-refractivity contribution is 6.11. The van der Waals surface area contributed by atoms with E-state index in [2.05, 4.69) is 9.97 Å². The van der Waals surface area contributed by atoms with Gasteiger partial charge in [-0.2, -0.15) is 0 Å². The lowest BCUT2D eigenvalue weighted by molar-refractivity contribution is -0.139. The summed E-state index contributed by atoms with van der Waals surface area (Å²) >= 11 is 0. The SMILES string of the molecule is COc1cc(C(=O)c2ccccn2)cc(C(=O)N(Cc2ccccc2OCC(=O)O)c2ccncc2)c1. The van der Waals surface area contributed by atoms with Gasteiger partial charge in [0.1, 0.15) is 17.2 Å². The summed E-state index contributed by atoms with van der Waals surface area (Å²) in [5, 5.41) is 9.02. The second kappa shape index (κ2) is 11.6. The number of carboxylic acid groups (broad SMARTS) is 1. The Morgan fingerprint density at radius 2 is 1.62 bits per heavy atom. The highest BCUT2D eigenvalue weighted by atomic mass is 16.5. The zero-order chi connectivity index (χ0) is 26.2. The third kappa shape index (κ3) is 6.15. The van der Waals surface area contributed by atoms with E-state index in [1.807, 2.05) is 0 Å². The molecule has 9 heteroatoms. The van der Waals surface area contributed by atoms with Gasteiger partial charge in [-0.05, 0) is 48.5 Å². The number of hydrogen-bond acceptors (Lipinski definition) is 7. The van der Waals surface area contributed by atoms with Gasteiger partial charge in [-0.25, -0.2) is 4.79 Å². The quantitative estimate of drug-likeness (QED) is 0.326. The number of ketones is 1. The molecule has 0 radical (unpaired) electrons. The van der Waals surface area contributed by atoms with Gasteiger partial charge in [0.05, 0.1) is 13.7 Å². The zero-order valence-corrected chi connectivity index (χ0v) is 19.9. The van der Waals surface area contributed by atoms with Gasteiger partial charge in [0.25, 0.3) is 5.91 Å². The summed E-state index contributed by atoms with van der Waals surface area (Å²) in [6.07, 6.45) is 4.64. The molecule has 186 valence electrons. The third-order valence-electron chi connectivity index (χ3n) is 5.42. The van der Waals surface area contributed by atoms with E-state index in [-0.39, 0.29) is 29.1 Å². The van der Waals surface area contributed by atoms with Gasteiger partial charge in [0.15, 0.2) is 6.61 Å². The van der Waals surface area contributed by atoms with E-state index in [9.17, 15) is 14.4 Å². The molecule has 37 heavy (non-hydrogen) atoms. The van der Waals surface area contributed by atoms with E-state index in [0.29, 0.717) is 22.7 Å². The smallest absolute Gasteiger partial charge is 0.341 e. The Hall–Kier alpha value is -5.05. The third-order valence-corrected chi connectivity index (χ3v) is 5.42. The number of carboxylic acids is 1. The number of carbonyl (C=O) groups is 3. The van der Waals surface area contributed by atoms with Crippen LogP contribution in [0.15, 0.2) is 91.4 Å². The first-order chi connectivity index (χ1) is 18.0. The molecule has 2 aromatic heterocycles. The van der Waals surface area contributed by atoms with Gasteiger partial charge < -0.3 is 19.5 Å². The van der Waals surface area contributed by atoms with E-state index >= 15 is 0 Å². The maximum Gasteiger partial charge on any atom is 0.341 e. The maximum atomic E-state index is 13.9. The largest absolute Gasteiger partial charge is 0.497 e. The highest BCUT2D eigenvalue weighted by Gasteiger charge is 2.23. The van der Waals surface area contributed by atoms with Crippen LogP contribution in [0.1, 0.15) is 32.0 Å². The molecule has 4 rings (SSSR count). The average Bonchev–Trinajstić information content (AvgIpc) is 2.95.